The molecule has 0 spiro atoms. The van der Waals surface area contributed by atoms with Gasteiger partial charge in [0.1, 0.15) is 5.82 Å². The van der Waals surface area contributed by atoms with Crippen molar-refractivity contribution >= 4 is 51.4 Å². The summed E-state index contributed by atoms with van der Waals surface area (Å²) in [6, 6.07) is 8.90. The van der Waals surface area contributed by atoms with Crippen LogP contribution in [0.15, 0.2) is 51.9 Å². The Morgan fingerprint density at radius 3 is 2.71 bits per heavy atom. The quantitative estimate of drug-likeness (QED) is 0.666. The molecular weight excluding hydrogens is 296 g/mol. The first-order chi connectivity index (χ1) is 10.4. The number of rotatable bonds is 1. The average Bonchev–Trinajstić information content (AvgIpc) is 3.07. The topological polar surface area (TPSA) is 28.7 Å². The number of thioether (sulfide) groups is 2. The predicted molar refractivity (Wildman–Crippen MR) is 91.2 cm³/mol. The van der Waals surface area contributed by atoms with Gasteiger partial charge in [0.2, 0.25) is 0 Å². The zero-order valence-electron chi connectivity index (χ0n) is 11.0. The highest BCUT2D eigenvalue weighted by atomic mass is 32.2. The molecule has 1 N–H and O–H groups in total. The fourth-order valence-corrected chi connectivity index (χ4v) is 4.85. The number of aromatic amines is 1. The van der Waals surface area contributed by atoms with Crippen LogP contribution in [0.1, 0.15) is 17.0 Å². The van der Waals surface area contributed by atoms with Crippen molar-refractivity contribution in [2.45, 2.75) is 9.79 Å². The summed E-state index contributed by atoms with van der Waals surface area (Å²) >= 11 is 3.60. The smallest absolute Gasteiger partial charge is 0.144 e. The molecule has 0 saturated carbocycles. The van der Waals surface area contributed by atoms with E-state index in [1.54, 1.807) is 29.7 Å². The number of benzene rings is 2. The van der Waals surface area contributed by atoms with Crippen molar-refractivity contribution in [3.63, 3.8) is 0 Å². The molecule has 3 heterocycles. The van der Waals surface area contributed by atoms with E-state index in [4.69, 9.17) is 0 Å². The maximum atomic E-state index is 4.38. The third-order valence-corrected chi connectivity index (χ3v) is 5.79. The lowest BCUT2D eigenvalue weighted by molar-refractivity contribution is 1.26. The van der Waals surface area contributed by atoms with Gasteiger partial charge in [-0.3, -0.25) is 0 Å². The van der Waals surface area contributed by atoms with Crippen LogP contribution in [0.2, 0.25) is 0 Å². The molecular formula is C17H10N2S2. The van der Waals surface area contributed by atoms with Crippen LogP contribution in [0.4, 0.5) is 0 Å². The van der Waals surface area contributed by atoms with Crippen LogP contribution in [0, 0.1) is 0 Å². The van der Waals surface area contributed by atoms with Crippen molar-refractivity contribution in [3.05, 3.63) is 59.0 Å². The Morgan fingerprint density at radius 2 is 1.81 bits per heavy atom. The Kier molecular flexibility index (Phi) is 2.39. The van der Waals surface area contributed by atoms with Gasteiger partial charge < -0.3 is 4.98 Å². The van der Waals surface area contributed by atoms with Gasteiger partial charge in [-0.25, -0.2) is 4.98 Å². The number of hydrogen-bond donors (Lipinski definition) is 1. The van der Waals surface area contributed by atoms with Gasteiger partial charge in [0.15, 0.2) is 0 Å². The van der Waals surface area contributed by atoms with Gasteiger partial charge >= 0.3 is 0 Å². The third-order valence-electron chi connectivity index (χ3n) is 3.83. The van der Waals surface area contributed by atoms with Gasteiger partial charge in [0.25, 0.3) is 0 Å². The van der Waals surface area contributed by atoms with Gasteiger partial charge in [-0.2, -0.15) is 0 Å². The van der Waals surface area contributed by atoms with E-state index >= 15 is 0 Å². The maximum absolute atomic E-state index is 4.38. The highest BCUT2D eigenvalue weighted by Gasteiger charge is 2.20. The van der Waals surface area contributed by atoms with Crippen molar-refractivity contribution in [3.8, 4) is 0 Å². The fourth-order valence-electron chi connectivity index (χ4n) is 2.91. The highest BCUT2D eigenvalue weighted by molar-refractivity contribution is 8.08. The van der Waals surface area contributed by atoms with Crippen LogP contribution >= 0.6 is 23.5 Å². The van der Waals surface area contributed by atoms with Crippen molar-refractivity contribution in [1.82, 2.24) is 9.97 Å². The first kappa shape index (κ1) is 11.7. The molecule has 0 saturated heterocycles. The minimum atomic E-state index is 0.938. The fraction of sp³-hybridized carbons (Fsp3) is 0. The molecule has 5 rings (SSSR count). The number of aromatic nitrogens is 2. The van der Waals surface area contributed by atoms with Crippen LogP contribution in [0.5, 0.6) is 0 Å². The van der Waals surface area contributed by atoms with Gasteiger partial charge in [-0.15, -0.1) is 0 Å². The molecule has 2 aliphatic rings. The van der Waals surface area contributed by atoms with E-state index in [0.29, 0.717) is 0 Å². The summed E-state index contributed by atoms with van der Waals surface area (Å²) in [6.07, 6.45) is 8.11. The summed E-state index contributed by atoms with van der Waals surface area (Å²) in [6.45, 7) is 0. The molecule has 1 aromatic heterocycles. The molecule has 2 nitrogen and oxygen atoms in total. The number of H-pyrrole nitrogens is 1. The summed E-state index contributed by atoms with van der Waals surface area (Å²) in [5.74, 6) is 0.938. The van der Waals surface area contributed by atoms with Gasteiger partial charge in [-0.05, 0) is 40.8 Å². The number of nitrogens with zero attached hydrogens (tertiary/aromatic N) is 1. The minimum Gasteiger partial charge on any atom is -0.344 e. The Labute approximate surface area is 130 Å². The highest BCUT2D eigenvalue weighted by Crippen LogP contribution is 2.48. The van der Waals surface area contributed by atoms with Gasteiger partial charge in [-0.1, -0.05) is 35.7 Å². The average molecular weight is 306 g/mol. The van der Waals surface area contributed by atoms with Crippen LogP contribution < -0.4 is 0 Å². The summed E-state index contributed by atoms with van der Waals surface area (Å²) in [7, 11) is 0. The number of hydrogen-bond acceptors (Lipinski definition) is 3. The lowest BCUT2D eigenvalue weighted by Crippen LogP contribution is -1.95. The zero-order valence-corrected chi connectivity index (χ0v) is 12.6. The van der Waals surface area contributed by atoms with E-state index in [9.17, 15) is 0 Å². The molecule has 2 aliphatic heterocycles. The molecule has 0 aliphatic carbocycles. The summed E-state index contributed by atoms with van der Waals surface area (Å²) < 4.78 is 0. The van der Waals surface area contributed by atoms with E-state index in [1.807, 2.05) is 6.20 Å². The van der Waals surface area contributed by atoms with Crippen LogP contribution in [-0.4, -0.2) is 9.97 Å². The van der Waals surface area contributed by atoms with E-state index in [-0.39, 0.29) is 0 Å². The SMILES string of the molecule is C1=Cc2ccc3c4c(ccc(c24)S1)C=C(c1ncc[nH]1)S3. The van der Waals surface area contributed by atoms with Gasteiger partial charge in [0, 0.05) is 33.0 Å². The molecule has 21 heavy (non-hydrogen) atoms. The van der Waals surface area contributed by atoms with Crippen LogP contribution in [0.3, 0.4) is 0 Å². The molecule has 3 aromatic rings. The monoisotopic (exact) mass is 306 g/mol. The molecule has 2 aromatic carbocycles. The van der Waals surface area contributed by atoms with Crippen LogP contribution in [0.25, 0.3) is 27.8 Å². The van der Waals surface area contributed by atoms with Gasteiger partial charge in [0.05, 0.1) is 4.91 Å². The Morgan fingerprint density at radius 1 is 0.952 bits per heavy atom. The Balaban J connectivity index is 1.84. The number of nitrogens with one attached hydrogen (secondary N) is 1. The van der Waals surface area contributed by atoms with Crippen molar-refractivity contribution in [2.75, 3.05) is 0 Å². The minimum absolute atomic E-state index is 0.938. The lowest BCUT2D eigenvalue weighted by atomic mass is 9.99. The van der Waals surface area contributed by atoms with Crippen molar-refractivity contribution < 1.29 is 0 Å². The molecule has 0 atom stereocenters. The molecule has 0 fully saturated rings. The second-order valence-corrected chi connectivity index (χ2v) is 7.06. The lowest BCUT2D eigenvalue weighted by Gasteiger charge is -2.20. The van der Waals surface area contributed by atoms with E-state index in [2.05, 4.69) is 51.8 Å². The molecule has 0 unspecified atom stereocenters. The number of imidazole rings is 1. The molecule has 0 bridgehead atoms. The summed E-state index contributed by atoms with van der Waals surface area (Å²) in [5, 5.41) is 4.93. The molecule has 0 radical (unpaired) electrons. The molecule has 100 valence electrons. The Bertz CT molecular complexity index is 937. The summed E-state index contributed by atoms with van der Waals surface area (Å²) in [4.78, 5) is 11.4. The largest absolute Gasteiger partial charge is 0.344 e. The van der Waals surface area contributed by atoms with E-state index < -0.39 is 0 Å². The second kappa shape index (κ2) is 4.29. The first-order valence-corrected chi connectivity index (χ1v) is 8.42. The standard InChI is InChI=1S/C17H10N2S2/c1-4-13-16-11(9-14(21-13)17-18-6-7-19-17)2-3-12-15(16)10(1)5-8-20-12/h1-9H,(H,18,19). The van der Waals surface area contributed by atoms with Crippen molar-refractivity contribution in [1.29, 1.82) is 0 Å². The summed E-state index contributed by atoms with van der Waals surface area (Å²) in [5.41, 5.74) is 2.60. The Hall–Kier alpha value is -1.91. The van der Waals surface area contributed by atoms with Crippen LogP contribution in [-0.2, 0) is 0 Å². The second-order valence-electron chi connectivity index (χ2n) is 5.02. The predicted octanol–water partition coefficient (Wildman–Crippen LogP) is 5.24. The van der Waals surface area contributed by atoms with E-state index in [1.165, 1.54) is 36.6 Å². The maximum Gasteiger partial charge on any atom is 0.144 e. The zero-order chi connectivity index (χ0) is 13.8. The first-order valence-electron chi connectivity index (χ1n) is 6.72. The van der Waals surface area contributed by atoms with E-state index in [0.717, 1.165) is 5.82 Å². The molecule has 4 heteroatoms. The normalized spacial score (nSPS) is 15.3. The van der Waals surface area contributed by atoms with Crippen molar-refractivity contribution in [2.24, 2.45) is 0 Å². The molecule has 0 amide bonds. The third kappa shape index (κ3) is 1.66.